The molecule has 1 nitrogen and oxygen atoms in total. The zero-order valence-corrected chi connectivity index (χ0v) is 14.9. The van der Waals surface area contributed by atoms with E-state index in [4.69, 9.17) is 0 Å². The van der Waals surface area contributed by atoms with Crippen molar-refractivity contribution in [3.8, 4) is 0 Å². The van der Waals surface area contributed by atoms with Gasteiger partial charge in [-0.1, -0.05) is 44.9 Å². The van der Waals surface area contributed by atoms with Crippen molar-refractivity contribution in [1.29, 1.82) is 0 Å². The molecule has 0 aliphatic heterocycles. The summed E-state index contributed by atoms with van der Waals surface area (Å²) >= 11 is 2.19. The summed E-state index contributed by atoms with van der Waals surface area (Å²) in [6, 6.07) is 7.44. The van der Waals surface area contributed by atoms with Crippen LogP contribution in [0, 0.1) is 19.8 Å². The van der Waals surface area contributed by atoms with Gasteiger partial charge < -0.3 is 5.32 Å². The Bertz CT molecular complexity index is 443. The highest BCUT2D eigenvalue weighted by Crippen LogP contribution is 2.34. The lowest BCUT2D eigenvalue weighted by Gasteiger charge is -2.28. The van der Waals surface area contributed by atoms with Crippen LogP contribution in [-0.2, 0) is 0 Å². The highest BCUT2D eigenvalue weighted by Gasteiger charge is 2.21. The molecule has 0 amide bonds. The molecule has 1 aromatic carbocycles. The average Bonchev–Trinajstić information content (AvgIpc) is 2.46. The lowest BCUT2D eigenvalue weighted by molar-refractivity contribution is 0.394. The second-order valence-corrected chi connectivity index (χ2v) is 8.01. The molecule has 0 radical (unpaired) electrons. The van der Waals surface area contributed by atoms with E-state index in [1.165, 1.54) is 48.1 Å². The zero-order chi connectivity index (χ0) is 15.2. The highest BCUT2D eigenvalue weighted by molar-refractivity contribution is 7.99. The smallest absolute Gasteiger partial charge is 0.0411 e. The molecule has 2 rings (SSSR count). The fourth-order valence-electron chi connectivity index (χ4n) is 3.26. The fourth-order valence-corrected chi connectivity index (χ4v) is 4.84. The van der Waals surface area contributed by atoms with Crippen LogP contribution in [0.4, 0.5) is 0 Å². The van der Waals surface area contributed by atoms with Crippen molar-refractivity contribution >= 4 is 11.8 Å². The summed E-state index contributed by atoms with van der Waals surface area (Å²) in [7, 11) is 0. The maximum Gasteiger partial charge on any atom is 0.0411 e. The van der Waals surface area contributed by atoms with Crippen LogP contribution in [0.3, 0.4) is 0 Å². The second kappa shape index (κ2) is 8.24. The van der Waals surface area contributed by atoms with Crippen molar-refractivity contribution in [3.05, 3.63) is 34.9 Å². The van der Waals surface area contributed by atoms with E-state index in [1.807, 2.05) is 0 Å². The molecular weight excluding hydrogens is 274 g/mol. The van der Waals surface area contributed by atoms with Crippen molar-refractivity contribution in [2.75, 3.05) is 12.3 Å². The van der Waals surface area contributed by atoms with E-state index >= 15 is 0 Å². The maximum absolute atomic E-state index is 3.68. The third-order valence-corrected chi connectivity index (χ3v) is 6.20. The fraction of sp³-hybridized carbons (Fsp3) is 0.684. The topological polar surface area (TPSA) is 12.0 Å². The first kappa shape index (κ1) is 16.9. The molecule has 3 unspecified atom stereocenters. The maximum atomic E-state index is 3.68. The van der Waals surface area contributed by atoms with Crippen molar-refractivity contribution < 1.29 is 0 Å². The van der Waals surface area contributed by atoms with Crippen molar-refractivity contribution in [1.82, 2.24) is 5.32 Å². The van der Waals surface area contributed by atoms with E-state index in [0.717, 1.165) is 17.7 Å². The molecule has 0 aromatic heterocycles. The Hall–Kier alpha value is -0.470. The van der Waals surface area contributed by atoms with Gasteiger partial charge in [-0.15, -0.1) is 0 Å². The van der Waals surface area contributed by atoms with Gasteiger partial charge in [0.25, 0.3) is 0 Å². The van der Waals surface area contributed by atoms with Gasteiger partial charge in [-0.2, -0.15) is 11.8 Å². The lowest BCUT2D eigenvalue weighted by atomic mass is 9.91. The Balaban J connectivity index is 1.96. The molecule has 2 heteroatoms. The molecule has 1 aromatic rings. The van der Waals surface area contributed by atoms with Crippen molar-refractivity contribution in [2.24, 2.45) is 5.92 Å². The number of rotatable bonds is 6. The minimum Gasteiger partial charge on any atom is -0.310 e. The van der Waals surface area contributed by atoms with Crippen LogP contribution < -0.4 is 5.32 Å². The number of hydrogen-bond donors (Lipinski definition) is 1. The van der Waals surface area contributed by atoms with Crippen LogP contribution in [0.15, 0.2) is 18.2 Å². The Morgan fingerprint density at radius 3 is 2.71 bits per heavy atom. The first-order chi connectivity index (χ1) is 10.1. The quantitative estimate of drug-likeness (QED) is 0.768. The number of nitrogens with one attached hydrogen (secondary N) is 1. The van der Waals surface area contributed by atoms with Gasteiger partial charge in [-0.25, -0.2) is 0 Å². The van der Waals surface area contributed by atoms with Crippen molar-refractivity contribution in [3.63, 3.8) is 0 Å². The molecule has 0 bridgehead atoms. The number of benzene rings is 1. The van der Waals surface area contributed by atoms with Gasteiger partial charge in [-0.3, -0.25) is 0 Å². The first-order valence-corrected chi connectivity index (χ1v) is 9.57. The molecule has 1 saturated carbocycles. The third-order valence-electron chi connectivity index (χ3n) is 4.77. The van der Waals surface area contributed by atoms with Gasteiger partial charge in [-0.05, 0) is 55.8 Å². The Kier molecular flexibility index (Phi) is 6.63. The summed E-state index contributed by atoms with van der Waals surface area (Å²) in [5.74, 6) is 2.13. The zero-order valence-electron chi connectivity index (χ0n) is 14.1. The van der Waals surface area contributed by atoms with Gasteiger partial charge in [0.15, 0.2) is 0 Å². The largest absolute Gasteiger partial charge is 0.310 e. The van der Waals surface area contributed by atoms with Crippen molar-refractivity contribution in [2.45, 2.75) is 64.7 Å². The minimum absolute atomic E-state index is 0.497. The standard InChI is InChI=1S/C19H31NS/c1-5-20-19(17-10-9-15(3)16(4)12-17)13-21-18-8-6-7-14(2)11-18/h9-10,12,14,18-20H,5-8,11,13H2,1-4H3. The monoisotopic (exact) mass is 305 g/mol. The molecule has 21 heavy (non-hydrogen) atoms. The Morgan fingerprint density at radius 1 is 1.24 bits per heavy atom. The van der Waals surface area contributed by atoms with E-state index in [-0.39, 0.29) is 0 Å². The van der Waals surface area contributed by atoms with Gasteiger partial charge in [0.1, 0.15) is 0 Å². The van der Waals surface area contributed by atoms with Crippen LogP contribution in [0.25, 0.3) is 0 Å². The third kappa shape index (κ3) is 5.03. The summed E-state index contributed by atoms with van der Waals surface area (Å²) in [6.07, 6.45) is 5.69. The molecule has 0 heterocycles. The predicted molar refractivity (Wildman–Crippen MR) is 96.2 cm³/mol. The molecule has 0 saturated heterocycles. The molecule has 118 valence electrons. The molecule has 1 aliphatic carbocycles. The number of aryl methyl sites for hydroxylation is 2. The average molecular weight is 306 g/mol. The van der Waals surface area contributed by atoms with E-state index in [0.29, 0.717) is 6.04 Å². The molecule has 1 fully saturated rings. The van der Waals surface area contributed by atoms with E-state index < -0.39 is 0 Å². The van der Waals surface area contributed by atoms with E-state index in [9.17, 15) is 0 Å². The Morgan fingerprint density at radius 2 is 2.05 bits per heavy atom. The predicted octanol–water partition coefficient (Wildman–Crippen LogP) is 5.27. The van der Waals surface area contributed by atoms with Gasteiger partial charge in [0, 0.05) is 17.0 Å². The summed E-state index contributed by atoms with van der Waals surface area (Å²) < 4.78 is 0. The summed E-state index contributed by atoms with van der Waals surface area (Å²) in [5.41, 5.74) is 4.26. The van der Waals surface area contributed by atoms with Crippen LogP contribution in [0.1, 0.15) is 62.3 Å². The van der Waals surface area contributed by atoms with Crippen LogP contribution in [0.2, 0.25) is 0 Å². The molecule has 1 aliphatic rings. The molecule has 1 N–H and O–H groups in total. The lowest BCUT2D eigenvalue weighted by Crippen LogP contribution is -2.25. The van der Waals surface area contributed by atoms with Crippen LogP contribution in [0.5, 0.6) is 0 Å². The normalized spacial score (nSPS) is 24.0. The van der Waals surface area contributed by atoms with Gasteiger partial charge in [0.2, 0.25) is 0 Å². The van der Waals surface area contributed by atoms with E-state index in [1.54, 1.807) is 0 Å². The van der Waals surface area contributed by atoms with Gasteiger partial charge >= 0.3 is 0 Å². The molecule has 3 atom stereocenters. The van der Waals surface area contributed by atoms with E-state index in [2.05, 4.69) is 63.0 Å². The second-order valence-electron chi connectivity index (χ2n) is 6.68. The first-order valence-electron chi connectivity index (χ1n) is 8.52. The summed E-state index contributed by atoms with van der Waals surface area (Å²) in [5, 5.41) is 4.55. The summed E-state index contributed by atoms with van der Waals surface area (Å²) in [4.78, 5) is 0. The highest BCUT2D eigenvalue weighted by atomic mass is 32.2. The minimum atomic E-state index is 0.497. The van der Waals surface area contributed by atoms with Crippen LogP contribution in [-0.4, -0.2) is 17.5 Å². The number of thioether (sulfide) groups is 1. The Labute approximate surface area is 135 Å². The van der Waals surface area contributed by atoms with Crippen LogP contribution >= 0.6 is 11.8 Å². The summed E-state index contributed by atoms with van der Waals surface area (Å²) in [6.45, 7) is 10.1. The van der Waals surface area contributed by atoms with Gasteiger partial charge in [0.05, 0.1) is 0 Å². The molecule has 0 spiro atoms. The number of hydrogen-bond acceptors (Lipinski definition) is 2. The SMILES string of the molecule is CCNC(CSC1CCCC(C)C1)c1ccc(C)c(C)c1. The molecular formula is C19H31NS.